The summed E-state index contributed by atoms with van der Waals surface area (Å²) in [4.78, 5) is 16.4. The van der Waals surface area contributed by atoms with Gasteiger partial charge in [-0.1, -0.05) is 0 Å². The van der Waals surface area contributed by atoms with Crippen LogP contribution in [0, 0.1) is 0 Å². The fraction of sp³-hybridized carbons (Fsp3) is 0.533. The quantitative estimate of drug-likeness (QED) is 0.629. The Morgan fingerprint density at radius 1 is 1.23 bits per heavy atom. The van der Waals surface area contributed by atoms with Gasteiger partial charge in [-0.05, 0) is 22.0 Å². The third-order valence-electron chi connectivity index (χ3n) is 4.19. The summed E-state index contributed by atoms with van der Waals surface area (Å²) in [6.45, 7) is 3.42. The van der Waals surface area contributed by atoms with E-state index in [1.165, 1.54) is 6.26 Å². The summed E-state index contributed by atoms with van der Waals surface area (Å²) in [7, 11) is -2.96. The maximum Gasteiger partial charge on any atom is 0.274 e. The minimum atomic E-state index is -2.96. The molecule has 0 aromatic carbocycles. The van der Waals surface area contributed by atoms with Gasteiger partial charge in [-0.3, -0.25) is 14.4 Å². The molecule has 1 fully saturated rings. The zero-order valence-electron chi connectivity index (χ0n) is 14.5. The maximum atomic E-state index is 12.6. The smallest absolute Gasteiger partial charge is 0.274 e. The van der Waals surface area contributed by atoms with Gasteiger partial charge < -0.3 is 4.90 Å². The number of aromatic nitrogens is 4. The second-order valence-electron chi connectivity index (χ2n) is 6.34. The fourth-order valence-corrected chi connectivity index (χ4v) is 3.67. The average Bonchev–Trinajstić information content (AvgIpc) is 3.22. The molecule has 26 heavy (non-hydrogen) atoms. The van der Waals surface area contributed by atoms with Gasteiger partial charge >= 0.3 is 0 Å². The van der Waals surface area contributed by atoms with Crippen molar-refractivity contribution < 1.29 is 13.2 Å². The van der Waals surface area contributed by atoms with Crippen molar-refractivity contribution >= 4 is 31.7 Å². The Hall–Kier alpha value is -1.72. The van der Waals surface area contributed by atoms with E-state index in [1.54, 1.807) is 32.7 Å². The Bertz CT molecular complexity index is 870. The number of hydrogen-bond acceptors (Lipinski definition) is 6. The first kappa shape index (κ1) is 19.1. The van der Waals surface area contributed by atoms with Crippen LogP contribution < -0.4 is 0 Å². The molecule has 142 valence electrons. The van der Waals surface area contributed by atoms with Crippen LogP contribution in [-0.4, -0.2) is 88.4 Å². The van der Waals surface area contributed by atoms with Crippen LogP contribution in [0.5, 0.6) is 0 Å². The molecule has 0 unspecified atom stereocenters. The lowest BCUT2D eigenvalue weighted by Crippen LogP contribution is -2.49. The summed E-state index contributed by atoms with van der Waals surface area (Å²) in [5, 5.41) is 8.50. The first-order chi connectivity index (χ1) is 12.3. The monoisotopic (exact) mass is 444 g/mol. The van der Waals surface area contributed by atoms with Crippen LogP contribution in [0.2, 0.25) is 0 Å². The van der Waals surface area contributed by atoms with Gasteiger partial charge in [-0.15, -0.1) is 0 Å². The number of hydrogen-bond donors (Lipinski definition) is 0. The van der Waals surface area contributed by atoms with Crippen LogP contribution in [-0.2, 0) is 16.5 Å². The molecule has 0 aliphatic carbocycles. The highest BCUT2D eigenvalue weighted by Crippen LogP contribution is 2.09. The number of piperazine rings is 1. The molecular formula is C15H21BrN6O3S. The molecule has 3 heterocycles. The van der Waals surface area contributed by atoms with Gasteiger partial charge in [0.1, 0.15) is 22.2 Å². The number of sulfone groups is 1. The van der Waals surface area contributed by atoms with E-state index in [0.29, 0.717) is 45.1 Å². The highest BCUT2D eigenvalue weighted by molar-refractivity contribution is 9.10. The Kier molecular flexibility index (Phi) is 5.78. The van der Waals surface area contributed by atoms with Crippen molar-refractivity contribution in [3.05, 3.63) is 34.8 Å². The number of rotatable bonds is 6. The van der Waals surface area contributed by atoms with E-state index in [1.807, 2.05) is 6.20 Å². The first-order valence-corrected chi connectivity index (χ1v) is 11.1. The van der Waals surface area contributed by atoms with Gasteiger partial charge in [0.15, 0.2) is 0 Å². The Morgan fingerprint density at radius 2 is 1.96 bits per heavy atom. The van der Waals surface area contributed by atoms with E-state index in [4.69, 9.17) is 0 Å². The number of nitrogens with zero attached hydrogens (tertiary/aromatic N) is 6. The Labute approximate surface area is 160 Å². The summed E-state index contributed by atoms with van der Waals surface area (Å²) >= 11 is 3.34. The molecule has 11 heteroatoms. The Balaban J connectivity index is 1.52. The highest BCUT2D eigenvalue weighted by Gasteiger charge is 2.24. The zero-order valence-corrected chi connectivity index (χ0v) is 16.9. The van der Waals surface area contributed by atoms with E-state index in [2.05, 4.69) is 31.0 Å². The SMILES string of the molecule is CS(=O)(=O)CCN1CCN(C(=O)c2ccn(Cn3cc(Br)cn3)n2)CC1. The van der Waals surface area contributed by atoms with Crippen LogP contribution in [0.3, 0.4) is 0 Å². The minimum Gasteiger partial charge on any atom is -0.335 e. The summed E-state index contributed by atoms with van der Waals surface area (Å²) < 4.78 is 26.8. The normalized spacial score (nSPS) is 16.2. The molecule has 0 radical (unpaired) electrons. The van der Waals surface area contributed by atoms with E-state index in [-0.39, 0.29) is 11.7 Å². The molecule has 2 aromatic heterocycles. The number of carbonyl (C=O) groups is 1. The lowest BCUT2D eigenvalue weighted by atomic mass is 10.3. The van der Waals surface area contributed by atoms with Crippen molar-refractivity contribution in [3.8, 4) is 0 Å². The van der Waals surface area contributed by atoms with Crippen molar-refractivity contribution in [3.63, 3.8) is 0 Å². The van der Waals surface area contributed by atoms with Gasteiger partial charge in [0.25, 0.3) is 5.91 Å². The summed E-state index contributed by atoms with van der Waals surface area (Å²) in [6.07, 6.45) is 6.52. The second-order valence-corrected chi connectivity index (χ2v) is 9.52. The Morgan fingerprint density at radius 3 is 2.58 bits per heavy atom. The molecule has 0 spiro atoms. The summed E-state index contributed by atoms with van der Waals surface area (Å²) in [5.41, 5.74) is 0.404. The molecule has 1 saturated heterocycles. The van der Waals surface area contributed by atoms with Crippen LogP contribution in [0.15, 0.2) is 29.1 Å². The molecule has 1 aliphatic heterocycles. The molecule has 1 aliphatic rings. The predicted octanol–water partition coefficient (Wildman–Crippen LogP) is 0.150. The van der Waals surface area contributed by atoms with E-state index < -0.39 is 9.84 Å². The average molecular weight is 445 g/mol. The van der Waals surface area contributed by atoms with E-state index in [0.717, 1.165) is 4.47 Å². The molecule has 3 rings (SSSR count). The highest BCUT2D eigenvalue weighted by atomic mass is 79.9. The van der Waals surface area contributed by atoms with Crippen molar-refractivity contribution in [1.82, 2.24) is 29.4 Å². The number of carbonyl (C=O) groups excluding carboxylic acids is 1. The predicted molar refractivity (Wildman–Crippen MR) is 99.6 cm³/mol. The number of amides is 1. The lowest BCUT2D eigenvalue weighted by molar-refractivity contribution is 0.0637. The molecule has 2 aromatic rings. The van der Waals surface area contributed by atoms with Gasteiger partial charge in [0, 0.05) is 51.4 Å². The van der Waals surface area contributed by atoms with Gasteiger partial charge in [0.05, 0.1) is 16.4 Å². The summed E-state index contributed by atoms with van der Waals surface area (Å²) in [6, 6.07) is 1.71. The van der Waals surface area contributed by atoms with E-state index >= 15 is 0 Å². The second kappa shape index (κ2) is 7.89. The zero-order chi connectivity index (χ0) is 18.7. The van der Waals surface area contributed by atoms with Crippen LogP contribution in [0.4, 0.5) is 0 Å². The molecule has 0 N–H and O–H groups in total. The van der Waals surface area contributed by atoms with Crippen LogP contribution >= 0.6 is 15.9 Å². The molecule has 0 bridgehead atoms. The van der Waals surface area contributed by atoms with Gasteiger partial charge in [-0.2, -0.15) is 10.2 Å². The largest absolute Gasteiger partial charge is 0.335 e. The molecule has 1 amide bonds. The lowest BCUT2D eigenvalue weighted by Gasteiger charge is -2.34. The first-order valence-electron chi connectivity index (χ1n) is 8.21. The number of halogens is 1. The van der Waals surface area contributed by atoms with Crippen LogP contribution in [0.25, 0.3) is 0 Å². The third kappa shape index (κ3) is 5.15. The standard InChI is InChI=1S/C15H21BrN6O3S/c1-26(24,25)9-8-19-4-6-20(7-5-19)15(23)14-2-3-21(18-14)12-22-11-13(16)10-17-22/h2-3,10-11H,4-9,12H2,1H3. The third-order valence-corrected chi connectivity index (χ3v) is 5.52. The molecule has 9 nitrogen and oxygen atoms in total. The summed E-state index contributed by atoms with van der Waals surface area (Å²) in [5.74, 6) is 0.0442. The molecule has 0 atom stereocenters. The van der Waals surface area contributed by atoms with Crippen LogP contribution in [0.1, 0.15) is 10.5 Å². The maximum absolute atomic E-state index is 12.6. The van der Waals surface area contributed by atoms with Crippen molar-refractivity contribution in [2.24, 2.45) is 0 Å². The van der Waals surface area contributed by atoms with Crippen molar-refractivity contribution in [2.75, 3.05) is 44.7 Å². The fourth-order valence-electron chi connectivity index (χ4n) is 2.75. The molecule has 0 saturated carbocycles. The van der Waals surface area contributed by atoms with Crippen molar-refractivity contribution in [1.29, 1.82) is 0 Å². The molecular weight excluding hydrogens is 424 g/mol. The minimum absolute atomic E-state index is 0.104. The topological polar surface area (TPSA) is 93.3 Å². The van der Waals surface area contributed by atoms with E-state index in [9.17, 15) is 13.2 Å². The van der Waals surface area contributed by atoms with Gasteiger partial charge in [-0.25, -0.2) is 13.1 Å². The van der Waals surface area contributed by atoms with Gasteiger partial charge in [0.2, 0.25) is 0 Å². The van der Waals surface area contributed by atoms with Crippen molar-refractivity contribution in [2.45, 2.75) is 6.67 Å².